The maximum atomic E-state index is 4.74. The van der Waals surface area contributed by atoms with Gasteiger partial charge in [0.2, 0.25) is 0 Å². The summed E-state index contributed by atoms with van der Waals surface area (Å²) in [5.41, 5.74) is 9.07. The Morgan fingerprint density at radius 2 is 0.875 bits per heavy atom. The van der Waals surface area contributed by atoms with Crippen molar-refractivity contribution >= 4 is 67.4 Å². The summed E-state index contributed by atoms with van der Waals surface area (Å²) in [5, 5.41) is 5.10. The molecule has 2 aromatic heterocycles. The molecule has 0 aliphatic rings. The number of aliphatic imine (C=N–C) groups is 2. The van der Waals surface area contributed by atoms with Gasteiger partial charge in [-0.25, -0.2) is 0 Å². The first-order chi connectivity index (χ1) is 19.7. The number of benzene rings is 5. The number of hydrogen-bond donors (Lipinski definition) is 0. The molecule has 0 atom stereocenters. The van der Waals surface area contributed by atoms with E-state index in [-0.39, 0.29) is 0 Å². The zero-order valence-corrected chi connectivity index (χ0v) is 22.8. The lowest BCUT2D eigenvalue weighted by atomic mass is 10.1. The maximum absolute atomic E-state index is 4.74. The summed E-state index contributed by atoms with van der Waals surface area (Å²) in [6.07, 6.45) is 3.88. The largest absolute Gasteiger partial charge is 0.341 e. The molecular formula is C36H30N4. The Hall–Kier alpha value is -4.96. The second-order valence-corrected chi connectivity index (χ2v) is 10.1. The van der Waals surface area contributed by atoms with Crippen molar-refractivity contribution in [3.63, 3.8) is 0 Å². The Morgan fingerprint density at radius 1 is 0.475 bits per heavy atom. The average molecular weight is 519 g/mol. The van der Waals surface area contributed by atoms with Gasteiger partial charge in [-0.15, -0.1) is 0 Å². The number of nitrogens with zero attached hydrogens (tertiary/aromatic N) is 4. The van der Waals surface area contributed by atoms with Gasteiger partial charge in [-0.05, 0) is 85.6 Å². The molecule has 5 aromatic carbocycles. The number of fused-ring (bicyclic) bond motifs is 6. The highest BCUT2D eigenvalue weighted by Gasteiger charge is 2.10. The predicted octanol–water partition coefficient (Wildman–Crippen LogP) is 9.44. The summed E-state index contributed by atoms with van der Waals surface area (Å²) in [4.78, 5) is 9.47. The zero-order chi connectivity index (χ0) is 27.1. The lowest BCUT2D eigenvalue weighted by Gasteiger charge is -2.03. The van der Waals surface area contributed by atoms with Crippen molar-refractivity contribution in [2.24, 2.45) is 9.98 Å². The van der Waals surface area contributed by atoms with Crippen LogP contribution >= 0.6 is 0 Å². The van der Waals surface area contributed by atoms with E-state index >= 15 is 0 Å². The first-order valence-electron chi connectivity index (χ1n) is 13.9. The Kier molecular flexibility index (Phi) is 6.01. The fourth-order valence-electron chi connectivity index (χ4n) is 5.91. The number of aryl methyl sites for hydroxylation is 2. The Balaban J connectivity index is 1.12. The van der Waals surface area contributed by atoms with Gasteiger partial charge in [-0.3, -0.25) is 9.98 Å². The van der Waals surface area contributed by atoms with Gasteiger partial charge in [0.15, 0.2) is 0 Å². The predicted molar refractivity (Wildman–Crippen MR) is 171 cm³/mol. The Morgan fingerprint density at radius 3 is 1.30 bits per heavy atom. The third kappa shape index (κ3) is 4.09. The van der Waals surface area contributed by atoms with Crippen LogP contribution < -0.4 is 0 Å². The van der Waals surface area contributed by atoms with Crippen molar-refractivity contribution in [1.29, 1.82) is 0 Å². The Labute approximate surface area is 233 Å². The molecule has 4 nitrogen and oxygen atoms in total. The van der Waals surface area contributed by atoms with Crippen LogP contribution in [0, 0.1) is 0 Å². The van der Waals surface area contributed by atoms with Gasteiger partial charge in [-0.1, -0.05) is 48.5 Å². The number of hydrogen-bond acceptors (Lipinski definition) is 2. The van der Waals surface area contributed by atoms with Crippen LogP contribution in [-0.2, 0) is 13.1 Å². The lowest BCUT2D eigenvalue weighted by molar-refractivity contribution is 0.827. The van der Waals surface area contributed by atoms with Crippen molar-refractivity contribution in [2.45, 2.75) is 26.9 Å². The highest BCUT2D eigenvalue weighted by Crippen LogP contribution is 2.31. The molecule has 0 amide bonds. The van der Waals surface area contributed by atoms with Gasteiger partial charge in [0.1, 0.15) is 0 Å². The third-order valence-electron chi connectivity index (χ3n) is 7.80. The number of para-hydroxylation sites is 2. The van der Waals surface area contributed by atoms with E-state index in [0.29, 0.717) is 0 Å². The topological polar surface area (TPSA) is 34.6 Å². The third-order valence-corrected chi connectivity index (χ3v) is 7.80. The van der Waals surface area contributed by atoms with Crippen molar-refractivity contribution in [3.05, 3.63) is 120 Å². The molecule has 2 heterocycles. The van der Waals surface area contributed by atoms with E-state index in [9.17, 15) is 0 Å². The highest BCUT2D eigenvalue weighted by molar-refractivity contribution is 6.10. The molecule has 0 spiro atoms. The van der Waals surface area contributed by atoms with Crippen LogP contribution in [-0.4, -0.2) is 21.6 Å². The van der Waals surface area contributed by atoms with E-state index in [4.69, 9.17) is 9.98 Å². The van der Waals surface area contributed by atoms with Gasteiger partial charge in [0.25, 0.3) is 0 Å². The molecule has 0 aliphatic heterocycles. The smallest absolute Gasteiger partial charge is 0.0631 e. The molecule has 0 saturated heterocycles. The maximum Gasteiger partial charge on any atom is 0.0631 e. The number of rotatable bonds is 6. The SMILES string of the molecule is CCn1c2ccccc2c2cc(C=Nc3ccc(N=Cc4ccc5c(c4)c4ccccc4n5CC)cc3)ccc21. The molecule has 0 N–H and O–H groups in total. The van der Waals surface area contributed by atoms with E-state index in [1.165, 1.54) is 43.6 Å². The fourth-order valence-corrected chi connectivity index (χ4v) is 5.91. The lowest BCUT2D eigenvalue weighted by Crippen LogP contribution is -1.92. The molecule has 0 fully saturated rings. The normalized spacial score (nSPS) is 12.2. The summed E-state index contributed by atoms with van der Waals surface area (Å²) in [7, 11) is 0. The first kappa shape index (κ1) is 24.1. The molecule has 0 saturated carbocycles. The van der Waals surface area contributed by atoms with E-state index in [1.54, 1.807) is 0 Å². The fraction of sp³-hybridized carbons (Fsp3) is 0.111. The second kappa shape index (κ2) is 9.97. The molecule has 4 heteroatoms. The minimum Gasteiger partial charge on any atom is -0.341 e. The minimum absolute atomic E-state index is 0.906. The molecule has 7 aromatic rings. The quantitative estimate of drug-likeness (QED) is 0.197. The molecule has 7 rings (SSSR count). The zero-order valence-electron chi connectivity index (χ0n) is 22.8. The summed E-state index contributed by atoms with van der Waals surface area (Å²) in [6.45, 7) is 6.29. The first-order valence-corrected chi connectivity index (χ1v) is 13.9. The van der Waals surface area contributed by atoms with E-state index < -0.39 is 0 Å². The molecule has 0 unspecified atom stereocenters. The molecule has 0 bridgehead atoms. The summed E-state index contributed by atoms with van der Waals surface area (Å²) in [5.74, 6) is 0. The minimum atomic E-state index is 0.906. The van der Waals surface area contributed by atoms with Crippen LogP contribution in [0.3, 0.4) is 0 Å². The van der Waals surface area contributed by atoms with Crippen LogP contribution in [0.15, 0.2) is 119 Å². The standard InChI is InChI=1S/C36H30N4/c1-3-39-33-11-7-5-9-29(33)31-21-25(13-19-35(31)39)23-37-27-15-17-28(18-16-27)38-24-26-14-20-36-32(22-26)30-10-6-8-12-34(30)40(36)4-2/h5-24H,3-4H2,1-2H3. The van der Waals surface area contributed by atoms with Crippen LogP contribution in [0.1, 0.15) is 25.0 Å². The average Bonchev–Trinajstić information content (AvgIpc) is 3.51. The van der Waals surface area contributed by atoms with E-state index in [2.05, 4.69) is 108 Å². The van der Waals surface area contributed by atoms with Gasteiger partial charge >= 0.3 is 0 Å². The van der Waals surface area contributed by atoms with Gasteiger partial charge in [-0.2, -0.15) is 0 Å². The molecule has 0 radical (unpaired) electrons. The molecule has 40 heavy (non-hydrogen) atoms. The van der Waals surface area contributed by atoms with Crippen molar-refractivity contribution < 1.29 is 0 Å². The van der Waals surface area contributed by atoms with Crippen LogP contribution in [0.2, 0.25) is 0 Å². The summed E-state index contributed by atoms with van der Waals surface area (Å²) < 4.78 is 4.73. The monoisotopic (exact) mass is 518 g/mol. The van der Waals surface area contributed by atoms with Crippen LogP contribution in [0.25, 0.3) is 43.6 Å². The summed E-state index contributed by atoms with van der Waals surface area (Å²) >= 11 is 0. The van der Waals surface area contributed by atoms with Crippen molar-refractivity contribution in [3.8, 4) is 0 Å². The van der Waals surface area contributed by atoms with Gasteiger partial charge in [0, 0.05) is 69.1 Å². The van der Waals surface area contributed by atoms with Gasteiger partial charge in [0.05, 0.1) is 11.4 Å². The van der Waals surface area contributed by atoms with Crippen LogP contribution in [0.5, 0.6) is 0 Å². The van der Waals surface area contributed by atoms with E-state index in [1.807, 2.05) is 36.7 Å². The van der Waals surface area contributed by atoms with E-state index in [0.717, 1.165) is 35.6 Å². The second-order valence-electron chi connectivity index (χ2n) is 10.1. The molecular weight excluding hydrogens is 488 g/mol. The molecule has 0 aliphatic carbocycles. The highest BCUT2D eigenvalue weighted by atomic mass is 15.0. The Bertz CT molecular complexity index is 1920. The van der Waals surface area contributed by atoms with Gasteiger partial charge < -0.3 is 9.13 Å². The summed E-state index contributed by atoms with van der Waals surface area (Å²) in [6, 6.07) is 38.4. The van der Waals surface area contributed by atoms with Crippen molar-refractivity contribution in [2.75, 3.05) is 0 Å². The number of aromatic nitrogens is 2. The molecule has 194 valence electrons. The van der Waals surface area contributed by atoms with Crippen molar-refractivity contribution in [1.82, 2.24) is 9.13 Å². The van der Waals surface area contributed by atoms with Crippen LogP contribution in [0.4, 0.5) is 11.4 Å².